The summed E-state index contributed by atoms with van der Waals surface area (Å²) in [6.45, 7) is 4.45. The van der Waals surface area contributed by atoms with Crippen molar-refractivity contribution in [2.45, 2.75) is 52.4 Å². The molecule has 0 saturated carbocycles. The van der Waals surface area contributed by atoms with Gasteiger partial charge in [-0.2, -0.15) is 0 Å². The molecule has 0 fully saturated rings. The van der Waals surface area contributed by atoms with Crippen LogP contribution >= 0.6 is 0 Å². The monoisotopic (exact) mass is 170 g/mol. The van der Waals surface area contributed by atoms with Crippen molar-refractivity contribution < 1.29 is 4.74 Å². The van der Waals surface area contributed by atoms with E-state index < -0.39 is 0 Å². The fourth-order valence-electron chi connectivity index (χ4n) is 1.33. The number of unbranched alkanes of at least 4 members (excludes halogenated alkanes) is 2. The summed E-state index contributed by atoms with van der Waals surface area (Å²) in [4.78, 5) is 0. The third kappa shape index (κ3) is 6.26. The first-order valence-corrected chi connectivity index (χ1v) is 5.05. The zero-order valence-corrected chi connectivity index (χ0v) is 8.73. The molecule has 0 aromatic carbocycles. The number of hydrogen-bond donors (Lipinski definition) is 0. The van der Waals surface area contributed by atoms with Crippen molar-refractivity contribution in [3.63, 3.8) is 0 Å². The topological polar surface area (TPSA) is 9.23 Å². The molecule has 0 saturated heterocycles. The fraction of sp³-hybridized carbons (Fsp3) is 0.818. The number of hydrogen-bond acceptors (Lipinski definition) is 1. The van der Waals surface area contributed by atoms with Gasteiger partial charge in [0.25, 0.3) is 0 Å². The third-order valence-electron chi connectivity index (χ3n) is 1.96. The molecule has 0 heterocycles. The van der Waals surface area contributed by atoms with Crippen molar-refractivity contribution in [1.82, 2.24) is 0 Å². The SMILES string of the molecule is CCCCC/C(=C/OC)CCC. The van der Waals surface area contributed by atoms with E-state index in [4.69, 9.17) is 4.74 Å². The van der Waals surface area contributed by atoms with Crippen LogP contribution in [0, 0.1) is 0 Å². The first kappa shape index (κ1) is 11.5. The lowest BCUT2D eigenvalue weighted by Gasteiger charge is -2.04. The molecule has 0 aromatic rings. The van der Waals surface area contributed by atoms with E-state index in [-0.39, 0.29) is 0 Å². The maximum atomic E-state index is 5.03. The minimum Gasteiger partial charge on any atom is -0.504 e. The highest BCUT2D eigenvalue weighted by molar-refractivity contribution is 4.97. The van der Waals surface area contributed by atoms with Crippen molar-refractivity contribution in [1.29, 1.82) is 0 Å². The Morgan fingerprint density at radius 1 is 1.08 bits per heavy atom. The maximum Gasteiger partial charge on any atom is 0.0816 e. The number of rotatable bonds is 7. The van der Waals surface area contributed by atoms with Gasteiger partial charge in [0, 0.05) is 0 Å². The highest BCUT2D eigenvalue weighted by atomic mass is 16.5. The Morgan fingerprint density at radius 2 is 1.83 bits per heavy atom. The van der Waals surface area contributed by atoms with Crippen LogP contribution in [0.4, 0.5) is 0 Å². The van der Waals surface area contributed by atoms with Crippen LogP contribution in [0.25, 0.3) is 0 Å². The van der Waals surface area contributed by atoms with E-state index in [9.17, 15) is 0 Å². The van der Waals surface area contributed by atoms with Gasteiger partial charge in [-0.3, -0.25) is 0 Å². The molecule has 0 aliphatic rings. The molecule has 1 nitrogen and oxygen atoms in total. The number of methoxy groups -OCH3 is 1. The quantitative estimate of drug-likeness (QED) is 0.416. The second kappa shape index (κ2) is 8.63. The molecule has 0 unspecified atom stereocenters. The Bertz CT molecular complexity index is 116. The van der Waals surface area contributed by atoms with Gasteiger partial charge in [-0.05, 0) is 24.8 Å². The number of ether oxygens (including phenoxy) is 1. The summed E-state index contributed by atoms with van der Waals surface area (Å²) in [6.07, 6.45) is 9.50. The molecule has 0 aliphatic heterocycles. The minimum atomic E-state index is 1.19. The van der Waals surface area contributed by atoms with E-state index in [0.717, 1.165) is 0 Å². The molecule has 0 spiro atoms. The third-order valence-corrected chi connectivity index (χ3v) is 1.96. The first-order chi connectivity index (χ1) is 5.85. The van der Waals surface area contributed by atoms with Crippen molar-refractivity contribution in [3.05, 3.63) is 11.8 Å². The van der Waals surface area contributed by atoms with Crippen LogP contribution in [0.2, 0.25) is 0 Å². The van der Waals surface area contributed by atoms with E-state index in [2.05, 4.69) is 13.8 Å². The fourth-order valence-corrected chi connectivity index (χ4v) is 1.33. The van der Waals surface area contributed by atoms with Crippen LogP contribution in [0.1, 0.15) is 52.4 Å². The first-order valence-electron chi connectivity index (χ1n) is 5.05. The van der Waals surface area contributed by atoms with Crippen molar-refractivity contribution in [2.24, 2.45) is 0 Å². The van der Waals surface area contributed by atoms with Crippen LogP contribution in [0.5, 0.6) is 0 Å². The molecular weight excluding hydrogens is 148 g/mol. The average Bonchev–Trinajstić information content (AvgIpc) is 2.06. The normalized spacial score (nSPS) is 11.8. The number of allylic oxidation sites excluding steroid dienone is 1. The lowest BCUT2D eigenvalue weighted by molar-refractivity contribution is 0.330. The largest absolute Gasteiger partial charge is 0.504 e. The van der Waals surface area contributed by atoms with Crippen LogP contribution < -0.4 is 0 Å². The molecule has 0 amide bonds. The van der Waals surface area contributed by atoms with Crippen molar-refractivity contribution >= 4 is 0 Å². The van der Waals surface area contributed by atoms with Crippen molar-refractivity contribution in [2.75, 3.05) is 7.11 Å². The molecule has 0 aliphatic carbocycles. The molecule has 0 radical (unpaired) electrons. The Kier molecular flexibility index (Phi) is 8.30. The molecule has 0 N–H and O–H groups in total. The molecule has 0 atom stereocenters. The predicted molar refractivity (Wildman–Crippen MR) is 54.1 cm³/mol. The van der Waals surface area contributed by atoms with Crippen LogP contribution in [0.3, 0.4) is 0 Å². The molecule has 12 heavy (non-hydrogen) atoms. The summed E-state index contributed by atoms with van der Waals surface area (Å²) < 4.78 is 5.03. The average molecular weight is 170 g/mol. The Balaban J connectivity index is 3.56. The van der Waals surface area contributed by atoms with Gasteiger partial charge in [-0.25, -0.2) is 0 Å². The van der Waals surface area contributed by atoms with Gasteiger partial charge in [0.2, 0.25) is 0 Å². The van der Waals surface area contributed by atoms with Gasteiger partial charge in [0.05, 0.1) is 13.4 Å². The Labute approximate surface area is 76.8 Å². The van der Waals surface area contributed by atoms with E-state index in [0.29, 0.717) is 0 Å². The second-order valence-corrected chi connectivity index (χ2v) is 3.22. The summed E-state index contributed by atoms with van der Waals surface area (Å²) >= 11 is 0. The Hall–Kier alpha value is -0.460. The van der Waals surface area contributed by atoms with Gasteiger partial charge < -0.3 is 4.74 Å². The van der Waals surface area contributed by atoms with Crippen molar-refractivity contribution in [3.8, 4) is 0 Å². The van der Waals surface area contributed by atoms with Gasteiger partial charge in [-0.1, -0.05) is 33.1 Å². The minimum absolute atomic E-state index is 1.19. The summed E-state index contributed by atoms with van der Waals surface area (Å²) in [5.74, 6) is 0. The molecule has 0 aromatic heterocycles. The molecule has 0 bridgehead atoms. The van der Waals surface area contributed by atoms with Crippen LogP contribution in [-0.2, 0) is 4.74 Å². The van der Waals surface area contributed by atoms with Gasteiger partial charge >= 0.3 is 0 Å². The van der Waals surface area contributed by atoms with Gasteiger partial charge in [-0.15, -0.1) is 0 Å². The van der Waals surface area contributed by atoms with Gasteiger partial charge in [0.1, 0.15) is 0 Å². The summed E-state index contributed by atoms with van der Waals surface area (Å²) in [5, 5.41) is 0. The van der Waals surface area contributed by atoms with Crippen LogP contribution in [0.15, 0.2) is 11.8 Å². The van der Waals surface area contributed by atoms with Gasteiger partial charge in [0.15, 0.2) is 0 Å². The van der Waals surface area contributed by atoms with E-state index in [1.54, 1.807) is 7.11 Å². The lowest BCUT2D eigenvalue weighted by Crippen LogP contribution is -1.86. The Morgan fingerprint density at radius 3 is 2.33 bits per heavy atom. The zero-order chi connectivity index (χ0) is 9.23. The lowest BCUT2D eigenvalue weighted by atomic mass is 10.0. The highest BCUT2D eigenvalue weighted by Gasteiger charge is 1.95. The summed E-state index contributed by atoms with van der Waals surface area (Å²) in [7, 11) is 1.73. The van der Waals surface area contributed by atoms with E-state index >= 15 is 0 Å². The summed E-state index contributed by atoms with van der Waals surface area (Å²) in [5.41, 5.74) is 1.47. The smallest absolute Gasteiger partial charge is 0.0816 e. The van der Waals surface area contributed by atoms with E-state index in [1.807, 2.05) is 6.26 Å². The molecule has 1 heteroatoms. The molecule has 0 rings (SSSR count). The van der Waals surface area contributed by atoms with Crippen LogP contribution in [-0.4, -0.2) is 7.11 Å². The molecular formula is C11H22O. The standard InChI is InChI=1S/C11H22O/c1-4-6-7-9-11(8-5-2)10-12-3/h10H,4-9H2,1-3H3/b11-10+. The maximum absolute atomic E-state index is 5.03. The van der Waals surface area contributed by atoms with E-state index in [1.165, 1.54) is 44.1 Å². The molecule has 72 valence electrons. The zero-order valence-electron chi connectivity index (χ0n) is 8.73. The second-order valence-electron chi connectivity index (χ2n) is 3.22. The summed E-state index contributed by atoms with van der Waals surface area (Å²) in [6, 6.07) is 0. The highest BCUT2D eigenvalue weighted by Crippen LogP contribution is 2.14. The predicted octanol–water partition coefficient (Wildman–Crippen LogP) is 3.90.